The molecule has 0 saturated heterocycles. The molecule has 2 aromatic carbocycles. The summed E-state index contributed by atoms with van der Waals surface area (Å²) in [6, 6.07) is 14.6. The van der Waals surface area contributed by atoms with E-state index in [0.29, 0.717) is 17.2 Å². The van der Waals surface area contributed by atoms with Crippen molar-refractivity contribution in [3.05, 3.63) is 60.2 Å². The van der Waals surface area contributed by atoms with Crippen LogP contribution in [0.1, 0.15) is 31.1 Å². The molecule has 0 aliphatic carbocycles. The second-order valence-corrected chi connectivity index (χ2v) is 7.69. The molecule has 2 rings (SSSR count). The van der Waals surface area contributed by atoms with Gasteiger partial charge in [-0.1, -0.05) is 38.1 Å². The van der Waals surface area contributed by atoms with E-state index in [0.717, 1.165) is 0 Å². The first-order valence-electron chi connectivity index (χ1n) is 7.78. The van der Waals surface area contributed by atoms with Crippen molar-refractivity contribution in [1.29, 1.82) is 0 Å². The van der Waals surface area contributed by atoms with Crippen LogP contribution in [0.3, 0.4) is 0 Å². The van der Waals surface area contributed by atoms with Crippen LogP contribution in [0.2, 0.25) is 0 Å². The minimum absolute atomic E-state index is 0.0298. The molecule has 1 amide bonds. The Morgan fingerprint density at radius 3 is 2.25 bits per heavy atom. The highest BCUT2D eigenvalue weighted by Gasteiger charge is 2.16. The molecule has 128 valence electrons. The standard InChI is InChI=1S/C18H22N2O3S/c1-13(2)14(3)19-18(21)15-8-7-9-16(12-15)20-24(22,23)17-10-5-4-6-11-17/h4-14,20H,1-3H3,(H,19,21)/t14-/m1/s1. The highest BCUT2D eigenvalue weighted by atomic mass is 32.2. The zero-order valence-electron chi connectivity index (χ0n) is 14.0. The maximum Gasteiger partial charge on any atom is 0.261 e. The van der Waals surface area contributed by atoms with Gasteiger partial charge in [-0.15, -0.1) is 0 Å². The Hall–Kier alpha value is -2.34. The summed E-state index contributed by atoms with van der Waals surface area (Å²) >= 11 is 0. The van der Waals surface area contributed by atoms with Crippen molar-refractivity contribution in [1.82, 2.24) is 5.32 Å². The lowest BCUT2D eigenvalue weighted by Gasteiger charge is -2.17. The summed E-state index contributed by atoms with van der Waals surface area (Å²) in [6.07, 6.45) is 0. The number of anilines is 1. The number of hydrogen-bond donors (Lipinski definition) is 2. The summed E-state index contributed by atoms with van der Waals surface area (Å²) in [6.45, 7) is 5.98. The van der Waals surface area contributed by atoms with Crippen LogP contribution < -0.4 is 10.0 Å². The van der Waals surface area contributed by atoms with Crippen molar-refractivity contribution >= 4 is 21.6 Å². The van der Waals surface area contributed by atoms with Crippen LogP contribution in [0.4, 0.5) is 5.69 Å². The molecule has 0 fully saturated rings. The smallest absolute Gasteiger partial charge is 0.261 e. The average molecular weight is 346 g/mol. The Morgan fingerprint density at radius 1 is 0.958 bits per heavy atom. The first-order valence-corrected chi connectivity index (χ1v) is 9.26. The summed E-state index contributed by atoms with van der Waals surface area (Å²) < 4.78 is 27.2. The van der Waals surface area contributed by atoms with E-state index in [4.69, 9.17) is 0 Å². The van der Waals surface area contributed by atoms with E-state index in [9.17, 15) is 13.2 Å². The van der Waals surface area contributed by atoms with Gasteiger partial charge < -0.3 is 5.32 Å². The molecule has 0 unspecified atom stereocenters. The van der Waals surface area contributed by atoms with Crippen molar-refractivity contribution in [2.24, 2.45) is 5.92 Å². The Morgan fingerprint density at radius 2 is 1.62 bits per heavy atom. The molecule has 2 N–H and O–H groups in total. The molecule has 0 aliphatic rings. The number of hydrogen-bond acceptors (Lipinski definition) is 3. The van der Waals surface area contributed by atoms with E-state index in [-0.39, 0.29) is 16.8 Å². The SMILES string of the molecule is CC(C)[C@@H](C)NC(=O)c1cccc(NS(=O)(=O)c2ccccc2)c1. The van der Waals surface area contributed by atoms with Crippen molar-refractivity contribution in [2.45, 2.75) is 31.7 Å². The Bertz CT molecular complexity index is 802. The zero-order chi connectivity index (χ0) is 17.7. The van der Waals surface area contributed by atoms with Crippen LogP contribution >= 0.6 is 0 Å². The van der Waals surface area contributed by atoms with Crippen LogP contribution in [0.25, 0.3) is 0 Å². The van der Waals surface area contributed by atoms with Gasteiger partial charge in [-0.3, -0.25) is 9.52 Å². The monoisotopic (exact) mass is 346 g/mol. The molecule has 6 heteroatoms. The van der Waals surface area contributed by atoms with E-state index < -0.39 is 10.0 Å². The first-order chi connectivity index (χ1) is 11.3. The highest BCUT2D eigenvalue weighted by Crippen LogP contribution is 2.17. The summed E-state index contributed by atoms with van der Waals surface area (Å²) in [5.41, 5.74) is 0.763. The second-order valence-electron chi connectivity index (χ2n) is 6.01. The number of amides is 1. The van der Waals surface area contributed by atoms with Crippen LogP contribution in [0.15, 0.2) is 59.5 Å². The van der Waals surface area contributed by atoms with Crippen molar-refractivity contribution < 1.29 is 13.2 Å². The second kappa shape index (κ2) is 7.49. The fourth-order valence-corrected chi connectivity index (χ4v) is 3.06. The molecular weight excluding hydrogens is 324 g/mol. The van der Waals surface area contributed by atoms with E-state index in [1.54, 1.807) is 36.4 Å². The average Bonchev–Trinajstić information content (AvgIpc) is 2.55. The van der Waals surface area contributed by atoms with Crippen molar-refractivity contribution in [2.75, 3.05) is 4.72 Å². The largest absolute Gasteiger partial charge is 0.349 e. The molecule has 0 saturated carbocycles. The van der Waals surface area contributed by atoms with Gasteiger partial charge in [0.1, 0.15) is 0 Å². The van der Waals surface area contributed by atoms with Crippen molar-refractivity contribution in [3.63, 3.8) is 0 Å². The van der Waals surface area contributed by atoms with Gasteiger partial charge in [-0.2, -0.15) is 0 Å². The van der Waals surface area contributed by atoms with E-state index in [1.807, 2.05) is 20.8 Å². The Labute approximate surface area is 143 Å². The fourth-order valence-electron chi connectivity index (χ4n) is 1.99. The van der Waals surface area contributed by atoms with E-state index in [2.05, 4.69) is 10.0 Å². The molecule has 2 aromatic rings. The zero-order valence-corrected chi connectivity index (χ0v) is 14.8. The normalized spacial score (nSPS) is 12.7. The minimum Gasteiger partial charge on any atom is -0.349 e. The number of nitrogens with one attached hydrogen (secondary N) is 2. The van der Waals surface area contributed by atoms with Crippen LogP contribution in [-0.4, -0.2) is 20.4 Å². The molecule has 0 radical (unpaired) electrons. The predicted molar refractivity (Wildman–Crippen MR) is 95.5 cm³/mol. The number of rotatable bonds is 6. The molecule has 24 heavy (non-hydrogen) atoms. The summed E-state index contributed by atoms with van der Waals surface area (Å²) in [4.78, 5) is 12.4. The molecule has 0 spiro atoms. The highest BCUT2D eigenvalue weighted by molar-refractivity contribution is 7.92. The van der Waals surface area contributed by atoms with Crippen LogP contribution in [0, 0.1) is 5.92 Å². The lowest BCUT2D eigenvalue weighted by Crippen LogP contribution is -2.36. The molecule has 0 aromatic heterocycles. The minimum atomic E-state index is -3.67. The molecule has 1 atom stereocenters. The first kappa shape index (κ1) is 18.0. The van der Waals surface area contributed by atoms with Gasteiger partial charge in [-0.25, -0.2) is 8.42 Å². The van der Waals surface area contributed by atoms with E-state index in [1.165, 1.54) is 18.2 Å². The number of benzene rings is 2. The molecular formula is C18H22N2O3S. The van der Waals surface area contributed by atoms with E-state index >= 15 is 0 Å². The summed E-state index contributed by atoms with van der Waals surface area (Å²) in [5.74, 6) is 0.0886. The third-order valence-corrected chi connectivity index (χ3v) is 5.19. The molecule has 0 heterocycles. The quantitative estimate of drug-likeness (QED) is 0.843. The molecule has 5 nitrogen and oxygen atoms in total. The van der Waals surface area contributed by atoms with Gasteiger partial charge >= 0.3 is 0 Å². The van der Waals surface area contributed by atoms with Crippen molar-refractivity contribution in [3.8, 4) is 0 Å². The lowest BCUT2D eigenvalue weighted by atomic mass is 10.1. The van der Waals surface area contributed by atoms with Gasteiger partial charge in [0.25, 0.3) is 15.9 Å². The van der Waals surface area contributed by atoms with Gasteiger partial charge in [0.2, 0.25) is 0 Å². The van der Waals surface area contributed by atoms with Gasteiger partial charge in [-0.05, 0) is 43.2 Å². The summed E-state index contributed by atoms with van der Waals surface area (Å²) in [7, 11) is -3.67. The molecule has 0 bridgehead atoms. The third kappa shape index (κ3) is 4.58. The van der Waals surface area contributed by atoms with Crippen LogP contribution in [0.5, 0.6) is 0 Å². The Balaban J connectivity index is 2.18. The summed E-state index contributed by atoms with van der Waals surface area (Å²) in [5, 5.41) is 2.90. The molecule has 0 aliphatic heterocycles. The fraction of sp³-hybridized carbons (Fsp3) is 0.278. The topological polar surface area (TPSA) is 75.3 Å². The van der Waals surface area contributed by atoms with Gasteiger partial charge in [0.05, 0.1) is 4.90 Å². The lowest BCUT2D eigenvalue weighted by molar-refractivity contribution is 0.0930. The third-order valence-electron chi connectivity index (χ3n) is 3.79. The van der Waals surface area contributed by atoms with Gasteiger partial charge in [0.15, 0.2) is 0 Å². The maximum absolute atomic E-state index is 12.3. The number of sulfonamides is 1. The number of carbonyl (C=O) groups excluding carboxylic acids is 1. The number of carbonyl (C=O) groups is 1. The van der Waals surface area contributed by atoms with Gasteiger partial charge in [0, 0.05) is 17.3 Å². The Kier molecular flexibility index (Phi) is 5.62. The predicted octanol–water partition coefficient (Wildman–Crippen LogP) is 3.26. The maximum atomic E-state index is 12.3. The van der Waals surface area contributed by atoms with Crippen LogP contribution in [-0.2, 0) is 10.0 Å².